The molecular weight excluding hydrogens is 208 g/mol. The lowest BCUT2D eigenvalue weighted by atomic mass is 9.82. The molecule has 0 radical (unpaired) electrons. The molecule has 0 bridgehead atoms. The lowest BCUT2D eigenvalue weighted by Crippen LogP contribution is -2.15. The highest BCUT2D eigenvalue weighted by molar-refractivity contribution is 6.30. The molecule has 15 heavy (non-hydrogen) atoms. The molecule has 0 aliphatic carbocycles. The molecule has 2 heteroatoms. The van der Waals surface area contributed by atoms with Crippen molar-refractivity contribution in [3.05, 3.63) is 35.4 Å². The van der Waals surface area contributed by atoms with Gasteiger partial charge in [0.05, 0.1) is 5.88 Å². The van der Waals surface area contributed by atoms with Crippen LogP contribution in [-0.4, -0.2) is 11.7 Å². The summed E-state index contributed by atoms with van der Waals surface area (Å²) in [5.41, 5.74) is 2.12. The van der Waals surface area contributed by atoms with Crippen LogP contribution in [0.4, 0.5) is 0 Å². The fraction of sp³-hybridized carbons (Fsp3) is 0.462. The molecule has 0 aliphatic rings. The van der Waals surface area contributed by atoms with E-state index in [2.05, 4.69) is 20.8 Å². The minimum Gasteiger partial charge on any atom is -0.293 e. The first-order valence-corrected chi connectivity index (χ1v) is 5.74. The number of hydrogen-bond donors (Lipinski definition) is 0. The van der Waals surface area contributed by atoms with Gasteiger partial charge in [-0.05, 0) is 17.4 Å². The Morgan fingerprint density at radius 1 is 1.27 bits per heavy atom. The molecule has 1 aromatic carbocycles. The Hall–Kier alpha value is -0.820. The summed E-state index contributed by atoms with van der Waals surface area (Å²) in [5.74, 6) is 0.0359. The maximum absolute atomic E-state index is 11.3. The minimum absolute atomic E-state index is 0.0162. The second-order valence-corrected chi connectivity index (χ2v) is 4.64. The van der Waals surface area contributed by atoms with E-state index in [-0.39, 0.29) is 17.1 Å². The van der Waals surface area contributed by atoms with Gasteiger partial charge in [0.15, 0.2) is 5.78 Å². The number of Topliss-reactive ketones (excluding diaryl/α,β-unsaturated/α-hetero) is 1. The Kier molecular flexibility index (Phi) is 3.92. The average Bonchev–Trinajstić information content (AvgIpc) is 2.28. The number of ketones is 1. The average molecular weight is 225 g/mol. The lowest BCUT2D eigenvalue weighted by molar-refractivity contribution is 0.102. The van der Waals surface area contributed by atoms with Crippen molar-refractivity contribution >= 4 is 17.4 Å². The topological polar surface area (TPSA) is 17.1 Å². The first kappa shape index (κ1) is 12.3. The van der Waals surface area contributed by atoms with Gasteiger partial charge in [0.2, 0.25) is 0 Å². The first-order chi connectivity index (χ1) is 7.01. The molecule has 1 nitrogen and oxygen atoms in total. The monoisotopic (exact) mass is 224 g/mol. The van der Waals surface area contributed by atoms with E-state index in [0.717, 1.165) is 6.42 Å². The number of hydrogen-bond acceptors (Lipinski definition) is 1. The molecule has 0 aromatic heterocycles. The van der Waals surface area contributed by atoms with Crippen molar-refractivity contribution in [2.24, 2.45) is 0 Å². The van der Waals surface area contributed by atoms with Crippen LogP contribution < -0.4 is 0 Å². The molecule has 0 N–H and O–H groups in total. The van der Waals surface area contributed by atoms with Crippen LogP contribution in [0.15, 0.2) is 24.3 Å². The SMILES string of the molecule is CCC(C)(C)c1ccc(C(=O)CCl)cc1. The highest BCUT2D eigenvalue weighted by Crippen LogP contribution is 2.26. The van der Waals surface area contributed by atoms with Gasteiger partial charge in [0, 0.05) is 5.56 Å². The van der Waals surface area contributed by atoms with E-state index in [1.54, 1.807) is 0 Å². The molecule has 0 saturated carbocycles. The van der Waals surface area contributed by atoms with Gasteiger partial charge in [-0.2, -0.15) is 0 Å². The summed E-state index contributed by atoms with van der Waals surface area (Å²) in [6.45, 7) is 6.56. The number of benzene rings is 1. The molecule has 0 saturated heterocycles. The van der Waals surface area contributed by atoms with E-state index in [1.807, 2.05) is 24.3 Å². The smallest absolute Gasteiger partial charge is 0.177 e. The van der Waals surface area contributed by atoms with E-state index in [1.165, 1.54) is 5.56 Å². The van der Waals surface area contributed by atoms with E-state index in [0.29, 0.717) is 5.56 Å². The molecule has 0 spiro atoms. The summed E-state index contributed by atoms with van der Waals surface area (Å²) in [7, 11) is 0. The molecule has 82 valence electrons. The van der Waals surface area contributed by atoms with Crippen molar-refractivity contribution in [2.75, 3.05) is 5.88 Å². The fourth-order valence-electron chi connectivity index (χ4n) is 1.39. The van der Waals surface area contributed by atoms with Crippen molar-refractivity contribution in [1.29, 1.82) is 0 Å². The Morgan fingerprint density at radius 3 is 2.20 bits per heavy atom. The standard InChI is InChI=1S/C13H17ClO/c1-4-13(2,3)11-7-5-10(6-8-11)12(15)9-14/h5-8H,4,9H2,1-3H3. The van der Waals surface area contributed by atoms with Crippen LogP contribution in [0.5, 0.6) is 0 Å². The van der Waals surface area contributed by atoms with Crippen molar-refractivity contribution in [2.45, 2.75) is 32.6 Å². The number of alkyl halides is 1. The number of halogens is 1. The molecule has 0 aliphatic heterocycles. The van der Waals surface area contributed by atoms with E-state index in [9.17, 15) is 4.79 Å². The zero-order valence-corrected chi connectivity index (χ0v) is 10.3. The maximum Gasteiger partial charge on any atom is 0.177 e. The number of carbonyl (C=O) groups excluding carboxylic acids is 1. The Morgan fingerprint density at radius 2 is 1.80 bits per heavy atom. The minimum atomic E-state index is -0.0162. The Bertz CT molecular complexity index is 338. The van der Waals surface area contributed by atoms with Crippen molar-refractivity contribution < 1.29 is 4.79 Å². The molecule has 0 heterocycles. The zero-order valence-electron chi connectivity index (χ0n) is 9.51. The van der Waals surface area contributed by atoms with Crippen LogP contribution >= 0.6 is 11.6 Å². The van der Waals surface area contributed by atoms with E-state index in [4.69, 9.17) is 11.6 Å². The van der Waals surface area contributed by atoms with E-state index < -0.39 is 0 Å². The van der Waals surface area contributed by atoms with Crippen LogP contribution in [0.1, 0.15) is 43.1 Å². The normalized spacial score (nSPS) is 11.5. The second kappa shape index (κ2) is 4.80. The van der Waals surface area contributed by atoms with Crippen molar-refractivity contribution in [1.82, 2.24) is 0 Å². The third-order valence-electron chi connectivity index (χ3n) is 2.99. The predicted octanol–water partition coefficient (Wildman–Crippen LogP) is 3.80. The zero-order chi connectivity index (χ0) is 11.5. The van der Waals surface area contributed by atoms with Gasteiger partial charge in [-0.3, -0.25) is 4.79 Å². The molecule has 0 fully saturated rings. The lowest BCUT2D eigenvalue weighted by Gasteiger charge is -2.23. The van der Waals surface area contributed by atoms with Crippen LogP contribution in [0.25, 0.3) is 0 Å². The third-order valence-corrected chi connectivity index (χ3v) is 3.24. The van der Waals surface area contributed by atoms with Gasteiger partial charge < -0.3 is 0 Å². The molecular formula is C13H17ClO. The highest BCUT2D eigenvalue weighted by atomic mass is 35.5. The first-order valence-electron chi connectivity index (χ1n) is 5.21. The van der Waals surface area contributed by atoms with Crippen LogP contribution in [0.3, 0.4) is 0 Å². The summed E-state index contributed by atoms with van der Waals surface area (Å²) in [5, 5.41) is 0. The van der Waals surface area contributed by atoms with Crippen LogP contribution in [0, 0.1) is 0 Å². The van der Waals surface area contributed by atoms with Gasteiger partial charge in [0.25, 0.3) is 0 Å². The van der Waals surface area contributed by atoms with Crippen molar-refractivity contribution in [3.63, 3.8) is 0 Å². The summed E-state index contributed by atoms with van der Waals surface area (Å²) < 4.78 is 0. The summed E-state index contributed by atoms with van der Waals surface area (Å²) in [6, 6.07) is 7.75. The van der Waals surface area contributed by atoms with Gasteiger partial charge >= 0.3 is 0 Å². The predicted molar refractivity (Wildman–Crippen MR) is 64.8 cm³/mol. The maximum atomic E-state index is 11.3. The molecule has 0 amide bonds. The van der Waals surface area contributed by atoms with Gasteiger partial charge in [0.1, 0.15) is 0 Å². The molecule has 1 aromatic rings. The molecule has 1 rings (SSSR count). The Balaban J connectivity index is 2.95. The third kappa shape index (κ3) is 2.82. The Labute approximate surface area is 96.5 Å². The van der Waals surface area contributed by atoms with Gasteiger partial charge in [-0.1, -0.05) is 45.0 Å². The summed E-state index contributed by atoms with van der Waals surface area (Å²) >= 11 is 5.49. The van der Waals surface area contributed by atoms with Gasteiger partial charge in [-0.15, -0.1) is 11.6 Å². The number of carbonyl (C=O) groups is 1. The molecule has 0 unspecified atom stereocenters. The largest absolute Gasteiger partial charge is 0.293 e. The summed E-state index contributed by atoms with van der Waals surface area (Å²) in [6.07, 6.45) is 1.08. The number of rotatable bonds is 4. The quantitative estimate of drug-likeness (QED) is 0.562. The molecule has 0 atom stereocenters. The van der Waals surface area contributed by atoms with Gasteiger partial charge in [-0.25, -0.2) is 0 Å². The van der Waals surface area contributed by atoms with Crippen molar-refractivity contribution in [3.8, 4) is 0 Å². The van der Waals surface area contributed by atoms with E-state index >= 15 is 0 Å². The summed E-state index contributed by atoms with van der Waals surface area (Å²) in [4.78, 5) is 11.3. The highest BCUT2D eigenvalue weighted by Gasteiger charge is 2.17. The van der Waals surface area contributed by atoms with Crippen LogP contribution in [0.2, 0.25) is 0 Å². The second-order valence-electron chi connectivity index (χ2n) is 4.37. The fourth-order valence-corrected chi connectivity index (χ4v) is 1.54. The van der Waals surface area contributed by atoms with Crippen LogP contribution in [-0.2, 0) is 5.41 Å².